The standard InChI is InChI=1S/C15H29NO/c1-2-15(17)9-10-16-14-8-7-12-5-3-4-6-13(12)11-14/h12-17H,2-11H2,1H3. The highest BCUT2D eigenvalue weighted by Gasteiger charge is 2.31. The zero-order chi connectivity index (χ0) is 12.1. The van der Waals surface area contributed by atoms with E-state index >= 15 is 0 Å². The van der Waals surface area contributed by atoms with E-state index in [0.29, 0.717) is 0 Å². The number of hydrogen-bond donors (Lipinski definition) is 2. The molecule has 2 aliphatic carbocycles. The van der Waals surface area contributed by atoms with Crippen molar-refractivity contribution < 1.29 is 5.11 Å². The van der Waals surface area contributed by atoms with Crippen LogP contribution in [0.1, 0.15) is 64.7 Å². The van der Waals surface area contributed by atoms with Gasteiger partial charge in [0.2, 0.25) is 0 Å². The van der Waals surface area contributed by atoms with E-state index in [4.69, 9.17) is 0 Å². The number of hydrogen-bond acceptors (Lipinski definition) is 2. The fourth-order valence-corrected chi connectivity index (χ4v) is 3.72. The van der Waals surface area contributed by atoms with Crippen molar-refractivity contribution in [2.75, 3.05) is 6.54 Å². The maximum absolute atomic E-state index is 9.53. The lowest BCUT2D eigenvalue weighted by atomic mass is 9.69. The fraction of sp³-hybridized carbons (Fsp3) is 1.00. The molecule has 0 aromatic heterocycles. The van der Waals surface area contributed by atoms with Crippen LogP contribution in [0.25, 0.3) is 0 Å². The molecule has 2 heteroatoms. The topological polar surface area (TPSA) is 32.3 Å². The molecule has 2 fully saturated rings. The first-order valence-electron chi connectivity index (χ1n) is 7.71. The molecular formula is C15H29NO. The van der Waals surface area contributed by atoms with Gasteiger partial charge in [-0.3, -0.25) is 0 Å². The largest absolute Gasteiger partial charge is 0.393 e. The summed E-state index contributed by atoms with van der Waals surface area (Å²) in [6, 6.07) is 0.735. The second kappa shape index (κ2) is 6.75. The molecule has 2 saturated carbocycles. The summed E-state index contributed by atoms with van der Waals surface area (Å²) in [6.07, 6.45) is 11.8. The SMILES string of the molecule is CCC(O)CCNC1CCC2CCCCC2C1. The first-order valence-corrected chi connectivity index (χ1v) is 7.71. The van der Waals surface area contributed by atoms with Crippen LogP contribution in [0.5, 0.6) is 0 Å². The van der Waals surface area contributed by atoms with Crippen molar-refractivity contribution in [3.05, 3.63) is 0 Å². The predicted molar refractivity (Wildman–Crippen MR) is 72.0 cm³/mol. The van der Waals surface area contributed by atoms with Crippen LogP contribution in [0, 0.1) is 11.8 Å². The molecule has 4 unspecified atom stereocenters. The van der Waals surface area contributed by atoms with Crippen molar-refractivity contribution >= 4 is 0 Å². The second-order valence-corrected chi connectivity index (χ2v) is 6.12. The van der Waals surface area contributed by atoms with Gasteiger partial charge < -0.3 is 10.4 Å². The van der Waals surface area contributed by atoms with Gasteiger partial charge in [-0.25, -0.2) is 0 Å². The molecule has 2 N–H and O–H groups in total. The van der Waals surface area contributed by atoms with Crippen LogP contribution >= 0.6 is 0 Å². The molecule has 17 heavy (non-hydrogen) atoms. The van der Waals surface area contributed by atoms with Gasteiger partial charge in [-0.05, 0) is 50.5 Å². The molecule has 0 spiro atoms. The molecule has 0 aromatic rings. The summed E-state index contributed by atoms with van der Waals surface area (Å²) < 4.78 is 0. The lowest BCUT2D eigenvalue weighted by Gasteiger charge is -2.39. The minimum atomic E-state index is -0.103. The Morgan fingerprint density at radius 2 is 1.88 bits per heavy atom. The van der Waals surface area contributed by atoms with Crippen LogP contribution in [0.4, 0.5) is 0 Å². The summed E-state index contributed by atoms with van der Waals surface area (Å²) in [5.74, 6) is 2.05. The first-order chi connectivity index (χ1) is 8.29. The maximum atomic E-state index is 9.53. The van der Waals surface area contributed by atoms with E-state index in [2.05, 4.69) is 12.2 Å². The van der Waals surface area contributed by atoms with Crippen molar-refractivity contribution in [1.82, 2.24) is 5.32 Å². The minimum absolute atomic E-state index is 0.103. The van der Waals surface area contributed by atoms with Gasteiger partial charge >= 0.3 is 0 Å². The van der Waals surface area contributed by atoms with E-state index in [0.717, 1.165) is 37.3 Å². The van der Waals surface area contributed by atoms with E-state index in [-0.39, 0.29) is 6.10 Å². The van der Waals surface area contributed by atoms with Gasteiger partial charge in [0.25, 0.3) is 0 Å². The number of aliphatic hydroxyl groups is 1. The molecule has 0 aliphatic heterocycles. The molecule has 0 heterocycles. The van der Waals surface area contributed by atoms with Gasteiger partial charge in [0.1, 0.15) is 0 Å². The minimum Gasteiger partial charge on any atom is -0.393 e. The lowest BCUT2D eigenvalue weighted by molar-refractivity contribution is 0.133. The third kappa shape index (κ3) is 3.96. The Balaban J connectivity index is 1.65. The van der Waals surface area contributed by atoms with Crippen molar-refractivity contribution in [3.8, 4) is 0 Å². The van der Waals surface area contributed by atoms with E-state index < -0.39 is 0 Å². The Bertz CT molecular complexity index is 219. The average molecular weight is 239 g/mol. The molecule has 0 amide bonds. The molecule has 2 rings (SSSR count). The highest BCUT2D eigenvalue weighted by atomic mass is 16.3. The zero-order valence-corrected chi connectivity index (χ0v) is 11.3. The van der Waals surface area contributed by atoms with Crippen LogP contribution in [0.2, 0.25) is 0 Å². The van der Waals surface area contributed by atoms with Gasteiger partial charge in [0.15, 0.2) is 0 Å². The lowest BCUT2D eigenvalue weighted by Crippen LogP contribution is -2.39. The zero-order valence-electron chi connectivity index (χ0n) is 11.3. The highest BCUT2D eigenvalue weighted by Crippen LogP contribution is 2.40. The van der Waals surface area contributed by atoms with Crippen LogP contribution in [0.15, 0.2) is 0 Å². The van der Waals surface area contributed by atoms with Crippen molar-refractivity contribution in [3.63, 3.8) is 0 Å². The molecule has 4 atom stereocenters. The maximum Gasteiger partial charge on any atom is 0.0549 e. The van der Waals surface area contributed by atoms with Gasteiger partial charge in [-0.2, -0.15) is 0 Å². The summed E-state index contributed by atoms with van der Waals surface area (Å²) in [5.41, 5.74) is 0. The van der Waals surface area contributed by atoms with Gasteiger partial charge in [-0.1, -0.05) is 32.6 Å². The van der Waals surface area contributed by atoms with Crippen molar-refractivity contribution in [2.24, 2.45) is 11.8 Å². The molecular weight excluding hydrogens is 210 g/mol. The molecule has 100 valence electrons. The predicted octanol–water partition coefficient (Wildman–Crippen LogP) is 3.10. The third-order valence-electron chi connectivity index (χ3n) is 4.92. The summed E-state index contributed by atoms with van der Waals surface area (Å²) in [4.78, 5) is 0. The van der Waals surface area contributed by atoms with Crippen molar-refractivity contribution in [1.29, 1.82) is 0 Å². The molecule has 2 aliphatic rings. The highest BCUT2D eigenvalue weighted by molar-refractivity contribution is 4.86. The third-order valence-corrected chi connectivity index (χ3v) is 4.92. The number of rotatable bonds is 5. The quantitative estimate of drug-likeness (QED) is 0.772. The van der Waals surface area contributed by atoms with E-state index in [1.54, 1.807) is 0 Å². The fourth-order valence-electron chi connectivity index (χ4n) is 3.72. The van der Waals surface area contributed by atoms with Crippen molar-refractivity contribution in [2.45, 2.75) is 76.9 Å². The Morgan fingerprint density at radius 3 is 2.65 bits per heavy atom. The molecule has 0 saturated heterocycles. The number of aliphatic hydroxyl groups excluding tert-OH is 1. The van der Waals surface area contributed by atoms with Gasteiger partial charge in [0, 0.05) is 6.04 Å². The number of nitrogens with one attached hydrogen (secondary N) is 1. The summed E-state index contributed by atoms with van der Waals surface area (Å²) in [7, 11) is 0. The second-order valence-electron chi connectivity index (χ2n) is 6.12. The van der Waals surface area contributed by atoms with Crippen LogP contribution in [-0.2, 0) is 0 Å². The van der Waals surface area contributed by atoms with Gasteiger partial charge in [-0.15, -0.1) is 0 Å². The summed E-state index contributed by atoms with van der Waals surface area (Å²) in [6.45, 7) is 3.05. The first kappa shape index (κ1) is 13.4. The molecule has 0 aromatic carbocycles. The monoisotopic (exact) mass is 239 g/mol. The molecule has 2 nitrogen and oxygen atoms in total. The van der Waals surface area contributed by atoms with Crippen LogP contribution < -0.4 is 5.32 Å². The Hall–Kier alpha value is -0.0800. The molecule has 0 bridgehead atoms. The normalized spacial score (nSPS) is 35.3. The van der Waals surface area contributed by atoms with Crippen LogP contribution in [0.3, 0.4) is 0 Å². The molecule has 0 radical (unpaired) electrons. The average Bonchev–Trinajstić information content (AvgIpc) is 2.38. The van der Waals surface area contributed by atoms with E-state index in [1.807, 2.05) is 0 Å². The Morgan fingerprint density at radius 1 is 1.12 bits per heavy atom. The Labute approximate surface area is 106 Å². The van der Waals surface area contributed by atoms with E-state index in [9.17, 15) is 5.11 Å². The van der Waals surface area contributed by atoms with Crippen LogP contribution in [-0.4, -0.2) is 23.8 Å². The Kier molecular flexibility index (Phi) is 5.30. The number of fused-ring (bicyclic) bond motifs is 1. The summed E-state index contributed by atoms with van der Waals surface area (Å²) >= 11 is 0. The van der Waals surface area contributed by atoms with Gasteiger partial charge in [0.05, 0.1) is 6.10 Å². The van der Waals surface area contributed by atoms with E-state index in [1.165, 1.54) is 44.9 Å². The smallest absolute Gasteiger partial charge is 0.0549 e. The summed E-state index contributed by atoms with van der Waals surface area (Å²) in [5, 5.41) is 13.2.